The number of anilines is 2. The van der Waals surface area contributed by atoms with Crippen molar-refractivity contribution in [3.05, 3.63) is 70.1 Å². The van der Waals surface area contributed by atoms with E-state index < -0.39 is 10.0 Å². The number of imidazole rings is 1. The molecule has 0 saturated heterocycles. The van der Waals surface area contributed by atoms with Gasteiger partial charge >= 0.3 is 0 Å². The number of sulfonamides is 1. The van der Waals surface area contributed by atoms with E-state index in [-0.39, 0.29) is 16.1 Å². The monoisotopic (exact) mass is 444 g/mol. The molecule has 2 aromatic carbocycles. The van der Waals surface area contributed by atoms with Crippen LogP contribution in [0.3, 0.4) is 0 Å². The molecule has 1 aliphatic heterocycles. The summed E-state index contributed by atoms with van der Waals surface area (Å²) in [4.78, 5) is 21.6. The normalized spacial score (nSPS) is 13.8. The summed E-state index contributed by atoms with van der Waals surface area (Å²) in [5, 5.41) is 0. The summed E-state index contributed by atoms with van der Waals surface area (Å²) in [5.74, 6) is 0.0349. The number of H-pyrrole nitrogens is 1. The lowest BCUT2D eigenvalue weighted by molar-refractivity contribution is 0.0996. The van der Waals surface area contributed by atoms with Gasteiger partial charge < -0.3 is 9.88 Å². The molecular formula is C19H13ClN4O3S2. The number of benzene rings is 2. The predicted octanol–water partition coefficient (Wildman–Crippen LogP) is 4.24. The number of rotatable bonds is 4. The van der Waals surface area contributed by atoms with E-state index in [1.807, 2.05) is 24.3 Å². The minimum atomic E-state index is -3.79. The van der Waals surface area contributed by atoms with Crippen molar-refractivity contribution in [2.45, 2.75) is 10.8 Å². The van der Waals surface area contributed by atoms with Crippen LogP contribution in [0.25, 0.3) is 11.0 Å². The number of aromatic nitrogens is 2. The molecule has 7 nitrogen and oxygen atoms in total. The second kappa shape index (κ2) is 6.58. The third-order valence-electron chi connectivity index (χ3n) is 4.64. The number of carbonyl (C=O) groups is 1. The van der Waals surface area contributed by atoms with Gasteiger partial charge in [0.25, 0.3) is 15.9 Å². The summed E-state index contributed by atoms with van der Waals surface area (Å²) in [6, 6.07) is 15.8. The molecule has 0 saturated carbocycles. The molecule has 0 fully saturated rings. The van der Waals surface area contributed by atoms with Crippen LogP contribution in [-0.4, -0.2) is 24.3 Å². The van der Waals surface area contributed by atoms with E-state index in [1.54, 1.807) is 23.1 Å². The van der Waals surface area contributed by atoms with Crippen molar-refractivity contribution < 1.29 is 13.2 Å². The van der Waals surface area contributed by atoms with Crippen LogP contribution in [0.1, 0.15) is 15.9 Å². The summed E-state index contributed by atoms with van der Waals surface area (Å²) in [6.07, 6.45) is 0. The lowest BCUT2D eigenvalue weighted by Crippen LogP contribution is -2.22. The quantitative estimate of drug-likeness (QED) is 0.492. The molecule has 4 aromatic rings. The minimum Gasteiger partial charge on any atom is -0.323 e. The van der Waals surface area contributed by atoms with Gasteiger partial charge in [-0.15, -0.1) is 11.3 Å². The Balaban J connectivity index is 1.45. The average molecular weight is 445 g/mol. The number of amides is 1. The van der Waals surface area contributed by atoms with Gasteiger partial charge in [0.1, 0.15) is 4.21 Å². The van der Waals surface area contributed by atoms with E-state index in [9.17, 15) is 13.2 Å². The number of aromatic amines is 1. The van der Waals surface area contributed by atoms with Gasteiger partial charge in [-0.25, -0.2) is 18.1 Å². The molecule has 1 aliphatic rings. The number of fused-ring (bicyclic) bond motifs is 2. The second-order valence-electron chi connectivity index (χ2n) is 6.50. The molecule has 3 heterocycles. The molecule has 29 heavy (non-hydrogen) atoms. The van der Waals surface area contributed by atoms with Crippen LogP contribution >= 0.6 is 22.9 Å². The Morgan fingerprint density at radius 3 is 2.72 bits per heavy atom. The summed E-state index contributed by atoms with van der Waals surface area (Å²) < 4.78 is 27.8. The van der Waals surface area contributed by atoms with Crippen molar-refractivity contribution in [3.8, 4) is 0 Å². The van der Waals surface area contributed by atoms with Crippen LogP contribution in [0.2, 0.25) is 4.34 Å². The molecule has 0 aliphatic carbocycles. The van der Waals surface area contributed by atoms with E-state index in [0.717, 1.165) is 16.9 Å². The SMILES string of the molecule is O=C1c2ccccc2CN1c1ccc2nc(NS(=O)(=O)c3ccc(Cl)s3)[nH]c2c1. The highest BCUT2D eigenvalue weighted by Gasteiger charge is 2.28. The number of halogens is 1. The molecule has 0 radical (unpaired) electrons. The smallest absolute Gasteiger partial charge is 0.273 e. The molecule has 0 unspecified atom stereocenters. The van der Waals surface area contributed by atoms with Crippen molar-refractivity contribution in [1.82, 2.24) is 9.97 Å². The first-order chi connectivity index (χ1) is 13.9. The van der Waals surface area contributed by atoms with Gasteiger partial charge in [-0.05, 0) is 42.0 Å². The number of hydrogen-bond donors (Lipinski definition) is 2. The highest BCUT2D eigenvalue weighted by Crippen LogP contribution is 2.31. The van der Waals surface area contributed by atoms with Gasteiger partial charge in [0.05, 0.1) is 21.9 Å². The van der Waals surface area contributed by atoms with Crippen LogP contribution in [-0.2, 0) is 16.6 Å². The van der Waals surface area contributed by atoms with Crippen molar-refractivity contribution in [2.24, 2.45) is 0 Å². The number of nitrogens with zero attached hydrogens (tertiary/aromatic N) is 2. The summed E-state index contributed by atoms with van der Waals surface area (Å²) in [5.41, 5.74) is 3.58. The predicted molar refractivity (Wildman–Crippen MR) is 113 cm³/mol. The topological polar surface area (TPSA) is 95.2 Å². The largest absolute Gasteiger partial charge is 0.323 e. The first-order valence-electron chi connectivity index (χ1n) is 8.58. The van der Waals surface area contributed by atoms with Gasteiger partial charge in [0.2, 0.25) is 5.95 Å². The van der Waals surface area contributed by atoms with Gasteiger partial charge in [-0.2, -0.15) is 0 Å². The zero-order chi connectivity index (χ0) is 20.2. The van der Waals surface area contributed by atoms with E-state index in [1.165, 1.54) is 12.1 Å². The molecule has 5 rings (SSSR count). The van der Waals surface area contributed by atoms with Crippen molar-refractivity contribution >= 4 is 61.5 Å². The number of nitrogens with one attached hydrogen (secondary N) is 2. The Bertz CT molecular complexity index is 1380. The lowest BCUT2D eigenvalue weighted by Gasteiger charge is -2.15. The van der Waals surface area contributed by atoms with Crippen LogP contribution in [0.5, 0.6) is 0 Å². The highest BCUT2D eigenvalue weighted by molar-refractivity contribution is 7.94. The molecule has 146 valence electrons. The average Bonchev–Trinajstić information content (AvgIpc) is 3.38. The van der Waals surface area contributed by atoms with E-state index in [4.69, 9.17) is 11.6 Å². The van der Waals surface area contributed by atoms with Gasteiger partial charge in [-0.1, -0.05) is 29.8 Å². The molecule has 1 amide bonds. The summed E-state index contributed by atoms with van der Waals surface area (Å²) >= 11 is 6.79. The highest BCUT2D eigenvalue weighted by atomic mass is 35.5. The van der Waals surface area contributed by atoms with E-state index in [2.05, 4.69) is 14.7 Å². The molecule has 0 atom stereocenters. The Labute approximate surface area is 175 Å². The Morgan fingerprint density at radius 1 is 1.14 bits per heavy atom. The first kappa shape index (κ1) is 18.2. The van der Waals surface area contributed by atoms with Gasteiger partial charge in [0, 0.05) is 11.3 Å². The van der Waals surface area contributed by atoms with Crippen molar-refractivity contribution in [3.63, 3.8) is 0 Å². The summed E-state index contributed by atoms with van der Waals surface area (Å²) in [7, 11) is -3.79. The Morgan fingerprint density at radius 2 is 1.97 bits per heavy atom. The van der Waals surface area contributed by atoms with Crippen LogP contribution in [0.4, 0.5) is 11.6 Å². The minimum absolute atomic E-state index is 0.0602. The summed E-state index contributed by atoms with van der Waals surface area (Å²) in [6.45, 7) is 0.493. The zero-order valence-electron chi connectivity index (χ0n) is 14.7. The van der Waals surface area contributed by atoms with Gasteiger partial charge in [0.15, 0.2) is 0 Å². The van der Waals surface area contributed by atoms with E-state index in [0.29, 0.717) is 33.2 Å². The van der Waals surface area contributed by atoms with Gasteiger partial charge in [-0.3, -0.25) is 4.79 Å². The van der Waals surface area contributed by atoms with E-state index >= 15 is 0 Å². The number of carbonyl (C=O) groups excluding carboxylic acids is 1. The third-order valence-corrected chi connectivity index (χ3v) is 7.70. The molecule has 2 aromatic heterocycles. The molecule has 0 spiro atoms. The standard InChI is InChI=1S/C19H13ClN4O3S2/c20-16-7-8-17(28-16)29(26,27)23-19-21-14-6-5-12(9-15(14)22-19)24-10-11-3-1-2-4-13(11)18(24)25/h1-9H,10H2,(H2,21,22,23). The maximum atomic E-state index is 12.7. The maximum Gasteiger partial charge on any atom is 0.273 e. The first-order valence-corrected chi connectivity index (χ1v) is 11.3. The van der Waals surface area contributed by atoms with Crippen LogP contribution < -0.4 is 9.62 Å². The van der Waals surface area contributed by atoms with Crippen LogP contribution in [0, 0.1) is 0 Å². The maximum absolute atomic E-state index is 12.7. The third kappa shape index (κ3) is 3.17. The number of hydrogen-bond acceptors (Lipinski definition) is 5. The fraction of sp³-hybridized carbons (Fsp3) is 0.0526. The molecule has 2 N–H and O–H groups in total. The van der Waals surface area contributed by atoms with Crippen molar-refractivity contribution in [2.75, 3.05) is 9.62 Å². The van der Waals surface area contributed by atoms with Crippen LogP contribution in [0.15, 0.2) is 58.8 Å². The fourth-order valence-electron chi connectivity index (χ4n) is 3.30. The molecule has 0 bridgehead atoms. The number of thiophene rings is 1. The zero-order valence-corrected chi connectivity index (χ0v) is 17.1. The Hall–Kier alpha value is -2.88. The van der Waals surface area contributed by atoms with Crippen molar-refractivity contribution in [1.29, 1.82) is 0 Å². The molecular weight excluding hydrogens is 432 g/mol. The Kier molecular flexibility index (Phi) is 4.12. The second-order valence-corrected chi connectivity index (χ2v) is 10.1. The molecule has 10 heteroatoms. The lowest BCUT2D eigenvalue weighted by atomic mass is 10.1. The fourth-order valence-corrected chi connectivity index (χ4v) is 5.74.